The number of halogens is 2. The first-order valence-electron chi connectivity index (χ1n) is 9.51. The minimum atomic E-state index is -3.99. The number of hydrogen-bond donors (Lipinski definition) is 2. The van der Waals surface area contributed by atoms with E-state index < -0.39 is 21.7 Å². The highest BCUT2D eigenvalue weighted by molar-refractivity contribution is 7.92. The zero-order valence-electron chi connectivity index (χ0n) is 16.0. The van der Waals surface area contributed by atoms with E-state index in [2.05, 4.69) is 29.8 Å². The molecule has 1 aromatic carbocycles. The fourth-order valence-corrected chi connectivity index (χ4v) is 4.26. The van der Waals surface area contributed by atoms with Gasteiger partial charge in [-0.3, -0.25) is 4.72 Å². The summed E-state index contributed by atoms with van der Waals surface area (Å²) in [6.07, 6.45) is 5.49. The number of hydrogen-bond acceptors (Lipinski definition) is 6. The van der Waals surface area contributed by atoms with Crippen LogP contribution in [-0.2, 0) is 29.5 Å². The summed E-state index contributed by atoms with van der Waals surface area (Å²) in [6.45, 7) is 1.30. The normalized spacial score (nSPS) is 14.1. The van der Waals surface area contributed by atoms with Crippen LogP contribution in [-0.4, -0.2) is 28.2 Å². The van der Waals surface area contributed by atoms with E-state index in [1.54, 1.807) is 0 Å². The molecule has 30 heavy (non-hydrogen) atoms. The number of aryl methyl sites for hydroxylation is 1. The summed E-state index contributed by atoms with van der Waals surface area (Å²) in [7, 11) is -3.99. The van der Waals surface area contributed by atoms with Crippen molar-refractivity contribution in [2.24, 2.45) is 0 Å². The Hall–Kier alpha value is -3.08. The van der Waals surface area contributed by atoms with Crippen LogP contribution in [0.2, 0.25) is 0 Å². The predicted molar refractivity (Wildman–Crippen MR) is 106 cm³/mol. The van der Waals surface area contributed by atoms with Crippen LogP contribution in [0.15, 0.2) is 41.4 Å². The van der Waals surface area contributed by atoms with Gasteiger partial charge in [-0.1, -0.05) is 6.42 Å². The van der Waals surface area contributed by atoms with E-state index in [1.807, 2.05) is 0 Å². The number of fused-ring (bicyclic) bond motifs is 1. The van der Waals surface area contributed by atoms with Crippen LogP contribution in [0.5, 0.6) is 0 Å². The molecule has 1 aliphatic heterocycles. The van der Waals surface area contributed by atoms with Gasteiger partial charge in [-0.2, -0.15) is 0 Å². The van der Waals surface area contributed by atoms with Crippen LogP contribution < -0.4 is 10.0 Å². The van der Waals surface area contributed by atoms with E-state index >= 15 is 0 Å². The van der Waals surface area contributed by atoms with Crippen molar-refractivity contribution < 1.29 is 17.2 Å². The zero-order valence-corrected chi connectivity index (χ0v) is 16.8. The van der Waals surface area contributed by atoms with Gasteiger partial charge in [0.05, 0.1) is 12.2 Å². The van der Waals surface area contributed by atoms with Gasteiger partial charge in [0.25, 0.3) is 10.0 Å². The molecule has 0 saturated heterocycles. The Balaban J connectivity index is 1.42. The Morgan fingerprint density at radius 2 is 1.90 bits per heavy atom. The molecule has 0 fully saturated rings. The number of rotatable bonds is 6. The fourth-order valence-electron chi connectivity index (χ4n) is 3.26. The van der Waals surface area contributed by atoms with Gasteiger partial charge in [0, 0.05) is 25.2 Å². The summed E-state index contributed by atoms with van der Waals surface area (Å²) in [5, 5.41) is 11.6. The van der Waals surface area contributed by atoms with Gasteiger partial charge in [0.2, 0.25) is 0 Å². The van der Waals surface area contributed by atoms with Crippen LogP contribution in [0.3, 0.4) is 0 Å². The van der Waals surface area contributed by atoms with Crippen LogP contribution in [0, 0.1) is 11.6 Å². The van der Waals surface area contributed by atoms with Crippen LogP contribution in [0.25, 0.3) is 0 Å². The van der Waals surface area contributed by atoms with Gasteiger partial charge in [-0.15, -0.1) is 10.2 Å². The molecular formula is C19H20F2N6O2S. The van der Waals surface area contributed by atoms with E-state index in [4.69, 9.17) is 0 Å². The van der Waals surface area contributed by atoms with Gasteiger partial charge < -0.3 is 9.88 Å². The third-order valence-electron chi connectivity index (χ3n) is 4.83. The van der Waals surface area contributed by atoms with E-state index in [9.17, 15) is 17.2 Å². The Morgan fingerprint density at radius 1 is 1.03 bits per heavy atom. The van der Waals surface area contributed by atoms with Crippen LogP contribution in [0.4, 0.5) is 20.3 Å². The molecule has 0 aliphatic carbocycles. The Morgan fingerprint density at radius 3 is 2.67 bits per heavy atom. The van der Waals surface area contributed by atoms with Gasteiger partial charge in [0.1, 0.15) is 16.5 Å². The second-order valence-corrected chi connectivity index (χ2v) is 8.64. The molecule has 0 radical (unpaired) electrons. The Bertz CT molecular complexity index is 1150. The molecule has 0 saturated carbocycles. The number of anilines is 2. The lowest BCUT2D eigenvalue weighted by Gasteiger charge is -2.10. The molecule has 4 rings (SSSR count). The van der Waals surface area contributed by atoms with Crippen molar-refractivity contribution in [3.05, 3.63) is 59.8 Å². The standard InChI is InChI=1S/C19H20F2N6O2S/c20-15-7-5-13(10-16(15)21)26-30(28,29)14-6-8-17(22-11-14)23-12-19-25-24-18-4-2-1-3-9-27(18)19/h5-8,10-11,26H,1-4,9,12H2,(H,22,23). The maximum atomic E-state index is 13.3. The predicted octanol–water partition coefficient (Wildman–Crippen LogP) is 3.09. The molecule has 0 amide bonds. The van der Waals surface area contributed by atoms with Crippen LogP contribution in [0.1, 0.15) is 30.9 Å². The summed E-state index contributed by atoms with van der Waals surface area (Å²) in [5.74, 6) is 0.0824. The molecule has 0 atom stereocenters. The number of nitrogens with zero attached hydrogens (tertiary/aromatic N) is 4. The molecule has 2 aromatic heterocycles. The smallest absolute Gasteiger partial charge is 0.263 e. The molecule has 11 heteroatoms. The summed E-state index contributed by atoms with van der Waals surface area (Å²) >= 11 is 0. The third-order valence-corrected chi connectivity index (χ3v) is 6.20. The molecule has 0 unspecified atom stereocenters. The number of benzene rings is 1. The maximum absolute atomic E-state index is 13.3. The molecular weight excluding hydrogens is 414 g/mol. The molecule has 0 bridgehead atoms. The average molecular weight is 434 g/mol. The first kappa shape index (κ1) is 20.2. The first-order valence-corrected chi connectivity index (χ1v) is 11.0. The SMILES string of the molecule is O=S(=O)(Nc1ccc(F)c(F)c1)c1ccc(NCc2nnc3n2CCCCC3)nc1. The maximum Gasteiger partial charge on any atom is 0.263 e. The number of nitrogens with one attached hydrogen (secondary N) is 2. The molecule has 3 heterocycles. The quantitative estimate of drug-likeness (QED) is 0.618. The Labute approximate surface area is 172 Å². The van der Waals surface area contributed by atoms with Gasteiger partial charge in [0.15, 0.2) is 17.5 Å². The van der Waals surface area contributed by atoms with Crippen LogP contribution >= 0.6 is 0 Å². The minimum Gasteiger partial charge on any atom is -0.363 e. The van der Waals surface area contributed by atoms with E-state index in [1.165, 1.54) is 24.8 Å². The third kappa shape index (κ3) is 4.40. The van der Waals surface area contributed by atoms with E-state index in [-0.39, 0.29) is 10.6 Å². The highest BCUT2D eigenvalue weighted by atomic mass is 32.2. The van der Waals surface area contributed by atoms with Gasteiger partial charge >= 0.3 is 0 Å². The lowest BCUT2D eigenvalue weighted by atomic mass is 10.2. The van der Waals surface area contributed by atoms with Crippen molar-refractivity contribution in [3.63, 3.8) is 0 Å². The molecule has 1 aliphatic rings. The number of sulfonamides is 1. The second-order valence-electron chi connectivity index (χ2n) is 6.96. The summed E-state index contributed by atoms with van der Waals surface area (Å²) in [4.78, 5) is 4.02. The van der Waals surface area contributed by atoms with Crippen molar-refractivity contribution in [1.82, 2.24) is 19.7 Å². The monoisotopic (exact) mass is 434 g/mol. The largest absolute Gasteiger partial charge is 0.363 e. The lowest BCUT2D eigenvalue weighted by Crippen LogP contribution is -2.14. The average Bonchev–Trinajstić information content (AvgIpc) is 2.95. The summed E-state index contributed by atoms with van der Waals surface area (Å²) in [6, 6.07) is 5.67. The van der Waals surface area contributed by atoms with Gasteiger partial charge in [-0.25, -0.2) is 22.2 Å². The summed E-state index contributed by atoms with van der Waals surface area (Å²) < 4.78 is 55.5. The molecule has 8 nitrogen and oxygen atoms in total. The molecule has 2 N–H and O–H groups in total. The highest BCUT2D eigenvalue weighted by Crippen LogP contribution is 2.19. The van der Waals surface area contributed by atoms with Crippen molar-refractivity contribution in [1.29, 1.82) is 0 Å². The highest BCUT2D eigenvalue weighted by Gasteiger charge is 2.17. The first-order chi connectivity index (χ1) is 14.4. The minimum absolute atomic E-state index is 0.0800. The second kappa shape index (κ2) is 8.34. The molecule has 3 aromatic rings. The number of aromatic nitrogens is 4. The number of pyridine rings is 1. The summed E-state index contributed by atoms with van der Waals surface area (Å²) in [5.41, 5.74) is -0.0800. The zero-order chi connectivity index (χ0) is 21.1. The van der Waals surface area contributed by atoms with Gasteiger partial charge in [-0.05, 0) is 37.1 Å². The molecule has 0 spiro atoms. The van der Waals surface area contributed by atoms with Crippen molar-refractivity contribution in [2.75, 3.05) is 10.0 Å². The van der Waals surface area contributed by atoms with Crippen molar-refractivity contribution >= 4 is 21.5 Å². The van der Waals surface area contributed by atoms with Crippen molar-refractivity contribution in [2.45, 2.75) is 43.7 Å². The van der Waals surface area contributed by atoms with Crippen molar-refractivity contribution in [3.8, 4) is 0 Å². The Kier molecular flexibility index (Phi) is 5.62. The fraction of sp³-hybridized carbons (Fsp3) is 0.316. The lowest BCUT2D eigenvalue weighted by molar-refractivity contribution is 0.509. The van der Waals surface area contributed by atoms with E-state index in [0.29, 0.717) is 12.4 Å². The van der Waals surface area contributed by atoms with E-state index in [0.717, 1.165) is 55.7 Å². The topological polar surface area (TPSA) is 102 Å². The molecule has 158 valence electrons.